The minimum absolute atomic E-state index is 0.124. The lowest BCUT2D eigenvalue weighted by Gasteiger charge is -2.05. The highest BCUT2D eigenvalue weighted by molar-refractivity contribution is 6.12. The van der Waals surface area contributed by atoms with Gasteiger partial charge >= 0.3 is 0 Å². The third kappa shape index (κ3) is 1.86. The van der Waals surface area contributed by atoms with Gasteiger partial charge < -0.3 is 5.11 Å². The number of nitrogens with zero attached hydrogens (tertiary/aromatic N) is 1. The monoisotopic (exact) mass is 198 g/mol. The normalized spacial score (nSPS) is 9.87. The van der Waals surface area contributed by atoms with E-state index in [4.69, 9.17) is 5.41 Å². The summed E-state index contributed by atoms with van der Waals surface area (Å²) in [5, 5.41) is 17.5. The van der Waals surface area contributed by atoms with Crippen molar-refractivity contribution in [3.05, 3.63) is 59.9 Å². The van der Waals surface area contributed by atoms with E-state index in [1.807, 2.05) is 0 Å². The molecule has 3 nitrogen and oxygen atoms in total. The van der Waals surface area contributed by atoms with Gasteiger partial charge in [0.15, 0.2) is 0 Å². The quantitative estimate of drug-likeness (QED) is 0.727. The first kappa shape index (κ1) is 9.40. The number of para-hydroxylation sites is 1. The summed E-state index contributed by atoms with van der Waals surface area (Å²) in [7, 11) is 0. The molecule has 2 rings (SSSR count). The molecule has 74 valence electrons. The van der Waals surface area contributed by atoms with Gasteiger partial charge in [0.2, 0.25) is 0 Å². The fourth-order valence-electron chi connectivity index (χ4n) is 1.36. The molecule has 0 atom stereocenters. The number of nitrogens with one attached hydrogen (secondary N) is 1. The van der Waals surface area contributed by atoms with Gasteiger partial charge in [-0.05, 0) is 24.3 Å². The zero-order valence-electron chi connectivity index (χ0n) is 8.01. The van der Waals surface area contributed by atoms with Crippen molar-refractivity contribution in [1.82, 2.24) is 4.98 Å². The molecule has 0 saturated heterocycles. The van der Waals surface area contributed by atoms with Gasteiger partial charge in [-0.2, -0.15) is 0 Å². The van der Waals surface area contributed by atoms with Crippen molar-refractivity contribution in [2.45, 2.75) is 0 Å². The Morgan fingerprint density at radius 2 is 1.73 bits per heavy atom. The Morgan fingerprint density at radius 1 is 1.07 bits per heavy atom. The Labute approximate surface area is 87.6 Å². The van der Waals surface area contributed by atoms with E-state index in [2.05, 4.69) is 4.98 Å². The van der Waals surface area contributed by atoms with Crippen molar-refractivity contribution in [3.63, 3.8) is 0 Å². The highest BCUT2D eigenvalue weighted by Gasteiger charge is 2.07. The van der Waals surface area contributed by atoms with Gasteiger partial charge in [-0.1, -0.05) is 12.1 Å². The van der Waals surface area contributed by atoms with Crippen molar-refractivity contribution >= 4 is 5.71 Å². The number of pyridine rings is 1. The molecule has 0 aliphatic rings. The Hall–Kier alpha value is -2.16. The Morgan fingerprint density at radius 3 is 2.40 bits per heavy atom. The van der Waals surface area contributed by atoms with Gasteiger partial charge in [0.05, 0.1) is 5.71 Å². The van der Waals surface area contributed by atoms with Crippen LogP contribution >= 0.6 is 0 Å². The Balaban J connectivity index is 2.42. The number of hydrogen-bond donors (Lipinski definition) is 2. The van der Waals surface area contributed by atoms with Crippen LogP contribution in [0.2, 0.25) is 0 Å². The van der Waals surface area contributed by atoms with Crippen LogP contribution in [0.5, 0.6) is 5.75 Å². The lowest BCUT2D eigenvalue weighted by atomic mass is 10.0. The second-order valence-corrected chi connectivity index (χ2v) is 3.13. The second kappa shape index (κ2) is 3.92. The number of hydrogen-bond acceptors (Lipinski definition) is 3. The molecule has 15 heavy (non-hydrogen) atoms. The van der Waals surface area contributed by atoms with Gasteiger partial charge in [0, 0.05) is 23.5 Å². The summed E-state index contributed by atoms with van der Waals surface area (Å²) in [5.74, 6) is 0.124. The van der Waals surface area contributed by atoms with Crippen molar-refractivity contribution in [3.8, 4) is 5.75 Å². The van der Waals surface area contributed by atoms with Gasteiger partial charge in [-0.25, -0.2) is 0 Å². The summed E-state index contributed by atoms with van der Waals surface area (Å²) in [6.45, 7) is 0. The summed E-state index contributed by atoms with van der Waals surface area (Å²) in [6, 6.07) is 10.3. The van der Waals surface area contributed by atoms with Crippen LogP contribution in [0.15, 0.2) is 48.8 Å². The third-order valence-corrected chi connectivity index (χ3v) is 2.14. The van der Waals surface area contributed by atoms with E-state index in [-0.39, 0.29) is 5.75 Å². The number of aromatic nitrogens is 1. The van der Waals surface area contributed by atoms with E-state index in [1.165, 1.54) is 0 Å². The van der Waals surface area contributed by atoms with E-state index in [1.54, 1.807) is 48.8 Å². The molecule has 2 aromatic rings. The molecule has 0 spiro atoms. The molecule has 3 heteroatoms. The molecule has 0 fully saturated rings. The van der Waals surface area contributed by atoms with Crippen LogP contribution in [-0.2, 0) is 0 Å². The van der Waals surface area contributed by atoms with E-state index in [0.29, 0.717) is 11.3 Å². The molecule has 1 aromatic heterocycles. The molecule has 2 N–H and O–H groups in total. The first-order valence-electron chi connectivity index (χ1n) is 4.56. The lowest BCUT2D eigenvalue weighted by molar-refractivity contribution is 0.474. The molecular formula is C12H10N2O. The molecule has 0 amide bonds. The number of rotatable bonds is 2. The number of phenols is 1. The topological polar surface area (TPSA) is 57.0 Å². The van der Waals surface area contributed by atoms with E-state index in [0.717, 1.165) is 5.56 Å². The average molecular weight is 198 g/mol. The van der Waals surface area contributed by atoms with Crippen LogP contribution in [-0.4, -0.2) is 15.8 Å². The van der Waals surface area contributed by atoms with Crippen LogP contribution in [0.4, 0.5) is 0 Å². The maximum atomic E-state index is 9.59. The van der Waals surface area contributed by atoms with Gasteiger partial charge in [0.1, 0.15) is 5.75 Å². The molecule has 0 bridgehead atoms. The molecule has 0 saturated carbocycles. The van der Waals surface area contributed by atoms with E-state index < -0.39 is 0 Å². The molecule has 0 aliphatic heterocycles. The molecule has 1 aromatic carbocycles. The molecule has 1 heterocycles. The summed E-state index contributed by atoms with van der Waals surface area (Å²) in [4.78, 5) is 3.88. The first-order valence-corrected chi connectivity index (χ1v) is 4.56. The number of phenolic OH excluding ortho intramolecular Hbond substituents is 1. The predicted molar refractivity (Wildman–Crippen MR) is 58.3 cm³/mol. The van der Waals surface area contributed by atoms with Crippen molar-refractivity contribution < 1.29 is 5.11 Å². The SMILES string of the molecule is N=C(c1ccncc1)c1ccccc1O. The Bertz CT molecular complexity index is 480. The fourth-order valence-corrected chi connectivity index (χ4v) is 1.36. The van der Waals surface area contributed by atoms with Crippen molar-refractivity contribution in [2.24, 2.45) is 0 Å². The maximum Gasteiger partial charge on any atom is 0.124 e. The van der Waals surface area contributed by atoms with Gasteiger partial charge in [0.25, 0.3) is 0 Å². The second-order valence-electron chi connectivity index (χ2n) is 3.13. The standard InChI is InChI=1S/C12H10N2O/c13-12(9-5-7-14-8-6-9)10-3-1-2-4-11(10)15/h1-8,13,15H. The van der Waals surface area contributed by atoms with Crippen LogP contribution < -0.4 is 0 Å². The number of benzene rings is 1. The average Bonchev–Trinajstić information content (AvgIpc) is 2.30. The molecule has 0 unspecified atom stereocenters. The minimum atomic E-state index is 0.124. The summed E-state index contributed by atoms with van der Waals surface area (Å²) in [6.07, 6.45) is 3.26. The highest BCUT2D eigenvalue weighted by atomic mass is 16.3. The predicted octanol–water partition coefficient (Wildman–Crippen LogP) is 2.20. The van der Waals surface area contributed by atoms with E-state index in [9.17, 15) is 5.11 Å². The zero-order valence-corrected chi connectivity index (χ0v) is 8.01. The Kier molecular flexibility index (Phi) is 2.46. The van der Waals surface area contributed by atoms with Crippen molar-refractivity contribution in [1.29, 1.82) is 5.41 Å². The first-order chi connectivity index (χ1) is 7.29. The minimum Gasteiger partial charge on any atom is -0.507 e. The smallest absolute Gasteiger partial charge is 0.124 e. The van der Waals surface area contributed by atoms with Crippen LogP contribution in [0.25, 0.3) is 0 Å². The molecule has 0 radical (unpaired) electrons. The summed E-state index contributed by atoms with van der Waals surface area (Å²) in [5.41, 5.74) is 1.57. The van der Waals surface area contributed by atoms with Crippen LogP contribution in [0, 0.1) is 5.41 Å². The fraction of sp³-hybridized carbons (Fsp3) is 0. The van der Waals surface area contributed by atoms with Crippen LogP contribution in [0.1, 0.15) is 11.1 Å². The van der Waals surface area contributed by atoms with Crippen molar-refractivity contribution in [2.75, 3.05) is 0 Å². The summed E-state index contributed by atoms with van der Waals surface area (Å²) >= 11 is 0. The lowest BCUT2D eigenvalue weighted by Crippen LogP contribution is -2.01. The van der Waals surface area contributed by atoms with Crippen LogP contribution in [0.3, 0.4) is 0 Å². The zero-order chi connectivity index (χ0) is 10.7. The maximum absolute atomic E-state index is 9.59. The third-order valence-electron chi connectivity index (χ3n) is 2.14. The largest absolute Gasteiger partial charge is 0.507 e. The van der Waals surface area contributed by atoms with Gasteiger partial charge in [-0.3, -0.25) is 10.4 Å². The molecule has 0 aliphatic carbocycles. The molecular weight excluding hydrogens is 188 g/mol. The number of aromatic hydroxyl groups is 1. The van der Waals surface area contributed by atoms with E-state index >= 15 is 0 Å². The highest BCUT2D eigenvalue weighted by Crippen LogP contribution is 2.19. The van der Waals surface area contributed by atoms with Gasteiger partial charge in [-0.15, -0.1) is 0 Å². The summed E-state index contributed by atoms with van der Waals surface area (Å²) < 4.78 is 0.